The van der Waals surface area contributed by atoms with Gasteiger partial charge in [0.25, 0.3) is 0 Å². The number of carbonyl (C=O) groups excluding carboxylic acids is 2. The number of esters is 1. The highest BCUT2D eigenvalue weighted by Crippen LogP contribution is 2.15. The van der Waals surface area contributed by atoms with Crippen LogP contribution in [0.3, 0.4) is 0 Å². The molecule has 0 fully saturated rings. The summed E-state index contributed by atoms with van der Waals surface area (Å²) in [5, 5.41) is 0. The van der Waals surface area contributed by atoms with Crippen LogP contribution in [-0.4, -0.2) is 24.8 Å². The lowest BCUT2D eigenvalue weighted by Crippen LogP contribution is -2.25. The SMILES string of the molecule is COC(=O)c1ccc(OC(=O)OC(C)(C)C)cc1. The standard InChI is InChI=1S/C13H16O5/c1-13(2,3)18-12(15)17-10-7-5-9(6-8-10)11(14)16-4/h5-8H,1-4H3. The van der Waals surface area contributed by atoms with E-state index in [-0.39, 0.29) is 0 Å². The molecule has 1 rings (SSSR count). The van der Waals surface area contributed by atoms with E-state index in [0.717, 1.165) is 0 Å². The zero-order valence-corrected chi connectivity index (χ0v) is 10.9. The molecule has 0 aliphatic carbocycles. The van der Waals surface area contributed by atoms with E-state index >= 15 is 0 Å². The summed E-state index contributed by atoms with van der Waals surface area (Å²) in [6.07, 6.45) is -0.784. The van der Waals surface area contributed by atoms with Gasteiger partial charge in [-0.1, -0.05) is 0 Å². The number of methoxy groups -OCH3 is 1. The molecule has 0 aliphatic heterocycles. The van der Waals surface area contributed by atoms with E-state index in [0.29, 0.717) is 11.3 Å². The van der Waals surface area contributed by atoms with Crippen LogP contribution in [0.15, 0.2) is 24.3 Å². The third-order valence-corrected chi connectivity index (χ3v) is 1.87. The summed E-state index contributed by atoms with van der Waals surface area (Å²) < 4.78 is 14.5. The second-order valence-corrected chi connectivity index (χ2v) is 4.58. The van der Waals surface area contributed by atoms with E-state index in [1.807, 2.05) is 0 Å². The number of hydrogen-bond acceptors (Lipinski definition) is 5. The summed E-state index contributed by atoms with van der Waals surface area (Å²) in [6, 6.07) is 6.00. The van der Waals surface area contributed by atoms with Crippen molar-refractivity contribution in [3.63, 3.8) is 0 Å². The van der Waals surface area contributed by atoms with Gasteiger partial charge >= 0.3 is 12.1 Å². The number of hydrogen-bond donors (Lipinski definition) is 0. The van der Waals surface area contributed by atoms with E-state index in [4.69, 9.17) is 9.47 Å². The Morgan fingerprint density at radius 1 is 1.06 bits per heavy atom. The van der Waals surface area contributed by atoms with Crippen molar-refractivity contribution in [3.8, 4) is 5.75 Å². The minimum Gasteiger partial charge on any atom is -0.465 e. The maximum Gasteiger partial charge on any atom is 0.514 e. The first kappa shape index (κ1) is 14.0. The summed E-state index contributed by atoms with van der Waals surface area (Å²) in [5.41, 5.74) is -0.225. The molecule has 0 N–H and O–H groups in total. The Kier molecular flexibility index (Phi) is 4.31. The van der Waals surface area contributed by atoms with Gasteiger partial charge in [-0.2, -0.15) is 0 Å². The number of benzene rings is 1. The lowest BCUT2D eigenvalue weighted by Gasteiger charge is -2.18. The topological polar surface area (TPSA) is 61.8 Å². The molecular weight excluding hydrogens is 236 g/mol. The van der Waals surface area contributed by atoms with E-state index < -0.39 is 17.7 Å². The van der Waals surface area contributed by atoms with Crippen LogP contribution in [0.5, 0.6) is 5.75 Å². The van der Waals surface area contributed by atoms with Crippen LogP contribution in [0.1, 0.15) is 31.1 Å². The molecule has 0 aliphatic rings. The Morgan fingerprint density at radius 2 is 1.61 bits per heavy atom. The van der Waals surface area contributed by atoms with Crippen LogP contribution in [0.4, 0.5) is 4.79 Å². The van der Waals surface area contributed by atoms with Crippen molar-refractivity contribution >= 4 is 12.1 Å². The average molecular weight is 252 g/mol. The van der Waals surface area contributed by atoms with Crippen LogP contribution >= 0.6 is 0 Å². The fourth-order valence-electron chi connectivity index (χ4n) is 1.14. The largest absolute Gasteiger partial charge is 0.514 e. The Bertz CT molecular complexity index is 428. The molecule has 0 saturated heterocycles. The third kappa shape index (κ3) is 4.45. The molecular formula is C13H16O5. The minimum absolute atomic E-state index is 0.303. The number of rotatable bonds is 2. The molecule has 5 nitrogen and oxygen atoms in total. The molecule has 0 saturated carbocycles. The van der Waals surface area contributed by atoms with E-state index in [9.17, 15) is 9.59 Å². The van der Waals surface area contributed by atoms with Gasteiger partial charge in [0, 0.05) is 0 Å². The zero-order chi connectivity index (χ0) is 13.8. The molecule has 0 aromatic heterocycles. The van der Waals surface area contributed by atoms with Crippen molar-refractivity contribution in [2.24, 2.45) is 0 Å². The predicted molar refractivity (Wildman–Crippen MR) is 64.6 cm³/mol. The Balaban J connectivity index is 2.64. The highest BCUT2D eigenvalue weighted by atomic mass is 16.7. The van der Waals surface area contributed by atoms with Gasteiger partial charge in [-0.05, 0) is 45.0 Å². The first-order valence-corrected chi connectivity index (χ1v) is 5.41. The molecule has 0 unspecified atom stereocenters. The molecule has 0 atom stereocenters. The van der Waals surface area contributed by atoms with Crippen molar-refractivity contribution in [2.75, 3.05) is 7.11 Å². The van der Waals surface area contributed by atoms with Crippen LogP contribution in [0.2, 0.25) is 0 Å². The quantitative estimate of drug-likeness (QED) is 0.598. The molecule has 0 amide bonds. The maximum absolute atomic E-state index is 11.4. The van der Waals surface area contributed by atoms with Gasteiger partial charge in [0.15, 0.2) is 0 Å². The maximum atomic E-state index is 11.4. The first-order valence-electron chi connectivity index (χ1n) is 5.41. The number of carbonyl (C=O) groups is 2. The molecule has 98 valence electrons. The molecule has 18 heavy (non-hydrogen) atoms. The van der Waals surface area contributed by atoms with Crippen molar-refractivity contribution in [1.82, 2.24) is 0 Å². The summed E-state index contributed by atoms with van der Waals surface area (Å²) in [7, 11) is 1.30. The molecule has 1 aromatic carbocycles. The number of ether oxygens (including phenoxy) is 3. The normalized spacial score (nSPS) is 10.7. The van der Waals surface area contributed by atoms with Gasteiger partial charge in [0.1, 0.15) is 11.4 Å². The Hall–Kier alpha value is -2.04. The molecule has 0 bridgehead atoms. The van der Waals surface area contributed by atoms with Crippen LogP contribution in [0, 0.1) is 0 Å². The molecule has 5 heteroatoms. The summed E-state index contributed by atoms with van der Waals surface area (Å²) >= 11 is 0. The van der Waals surface area contributed by atoms with Crippen LogP contribution in [0.25, 0.3) is 0 Å². The van der Waals surface area contributed by atoms with Crippen molar-refractivity contribution < 1.29 is 23.8 Å². The Labute approximate surface area is 106 Å². The van der Waals surface area contributed by atoms with Crippen LogP contribution in [-0.2, 0) is 9.47 Å². The molecule has 1 aromatic rings. The smallest absolute Gasteiger partial charge is 0.465 e. The highest BCUT2D eigenvalue weighted by Gasteiger charge is 2.18. The minimum atomic E-state index is -0.784. The lowest BCUT2D eigenvalue weighted by atomic mass is 10.2. The Morgan fingerprint density at radius 3 is 2.06 bits per heavy atom. The van der Waals surface area contributed by atoms with E-state index in [1.165, 1.54) is 31.4 Å². The van der Waals surface area contributed by atoms with E-state index in [2.05, 4.69) is 4.74 Å². The average Bonchev–Trinajstić information content (AvgIpc) is 2.26. The van der Waals surface area contributed by atoms with Gasteiger partial charge in [0.05, 0.1) is 12.7 Å². The fraction of sp³-hybridized carbons (Fsp3) is 0.385. The van der Waals surface area contributed by atoms with Gasteiger partial charge in [-0.15, -0.1) is 0 Å². The van der Waals surface area contributed by atoms with Crippen molar-refractivity contribution in [1.29, 1.82) is 0 Å². The first-order chi connectivity index (χ1) is 8.31. The van der Waals surface area contributed by atoms with Crippen molar-refractivity contribution in [2.45, 2.75) is 26.4 Å². The monoisotopic (exact) mass is 252 g/mol. The second kappa shape index (κ2) is 5.53. The predicted octanol–water partition coefficient (Wildman–Crippen LogP) is 2.79. The summed E-state index contributed by atoms with van der Waals surface area (Å²) in [4.78, 5) is 22.5. The van der Waals surface area contributed by atoms with Gasteiger partial charge in [-0.3, -0.25) is 0 Å². The third-order valence-electron chi connectivity index (χ3n) is 1.87. The molecule has 0 radical (unpaired) electrons. The fourth-order valence-corrected chi connectivity index (χ4v) is 1.14. The summed E-state index contributed by atoms with van der Waals surface area (Å²) in [5.74, 6) is -0.143. The lowest BCUT2D eigenvalue weighted by molar-refractivity contribution is 0.0206. The van der Waals surface area contributed by atoms with Gasteiger partial charge in [0.2, 0.25) is 0 Å². The molecule has 0 heterocycles. The van der Waals surface area contributed by atoms with Gasteiger partial charge < -0.3 is 14.2 Å². The van der Waals surface area contributed by atoms with Crippen molar-refractivity contribution in [3.05, 3.63) is 29.8 Å². The van der Waals surface area contributed by atoms with Crippen LogP contribution < -0.4 is 4.74 Å². The highest BCUT2D eigenvalue weighted by molar-refractivity contribution is 5.89. The van der Waals surface area contributed by atoms with Gasteiger partial charge in [-0.25, -0.2) is 9.59 Å². The summed E-state index contributed by atoms with van der Waals surface area (Å²) in [6.45, 7) is 5.23. The zero-order valence-electron chi connectivity index (χ0n) is 10.9. The van der Waals surface area contributed by atoms with E-state index in [1.54, 1.807) is 20.8 Å². The molecule has 0 spiro atoms. The second-order valence-electron chi connectivity index (χ2n) is 4.58.